The Morgan fingerprint density at radius 1 is 0.938 bits per heavy atom. The zero-order valence-corrected chi connectivity index (χ0v) is 10.5. The minimum absolute atomic E-state index is 0.0523. The molecule has 2 amide bonds. The van der Waals surface area contributed by atoms with Crippen LogP contribution in [0.3, 0.4) is 0 Å². The first-order valence-corrected chi connectivity index (χ1v) is 6.72. The predicted octanol–water partition coefficient (Wildman–Crippen LogP) is 2.66. The summed E-state index contributed by atoms with van der Waals surface area (Å²) in [6, 6.07) is 0.891. The molecule has 0 heterocycles. The monoisotopic (exact) mass is 224 g/mol. The van der Waals surface area contributed by atoms with Crippen LogP contribution in [0.1, 0.15) is 52.4 Å². The average molecular weight is 224 g/mol. The van der Waals surface area contributed by atoms with E-state index in [9.17, 15) is 4.79 Å². The van der Waals surface area contributed by atoms with Crippen LogP contribution in [0.2, 0.25) is 0 Å². The molecule has 2 fully saturated rings. The summed E-state index contributed by atoms with van der Waals surface area (Å²) in [6.45, 7) is 4.61. The first-order valence-electron chi connectivity index (χ1n) is 6.72. The van der Waals surface area contributed by atoms with Crippen LogP contribution in [0.5, 0.6) is 0 Å². The van der Waals surface area contributed by atoms with Gasteiger partial charge in [-0.3, -0.25) is 0 Å². The third-order valence-electron chi connectivity index (χ3n) is 4.37. The van der Waals surface area contributed by atoms with E-state index < -0.39 is 0 Å². The number of hydrogen-bond donors (Lipinski definition) is 2. The maximum Gasteiger partial charge on any atom is 0.315 e. The van der Waals surface area contributed by atoms with E-state index in [1.165, 1.54) is 12.8 Å². The Balaban J connectivity index is 1.70. The SMILES string of the molecule is CC1CCC(NC(=O)NC2CCC2)CC1C. The van der Waals surface area contributed by atoms with Gasteiger partial charge in [0.25, 0.3) is 0 Å². The van der Waals surface area contributed by atoms with Crippen molar-refractivity contribution < 1.29 is 4.79 Å². The van der Waals surface area contributed by atoms with E-state index >= 15 is 0 Å². The van der Waals surface area contributed by atoms with Crippen molar-refractivity contribution in [3.8, 4) is 0 Å². The molecule has 3 nitrogen and oxygen atoms in total. The predicted molar refractivity (Wildman–Crippen MR) is 65.3 cm³/mol. The molecule has 16 heavy (non-hydrogen) atoms. The Kier molecular flexibility index (Phi) is 3.72. The van der Waals surface area contributed by atoms with E-state index in [4.69, 9.17) is 0 Å². The summed E-state index contributed by atoms with van der Waals surface area (Å²) in [7, 11) is 0. The van der Waals surface area contributed by atoms with Crippen molar-refractivity contribution >= 4 is 6.03 Å². The lowest BCUT2D eigenvalue weighted by Crippen LogP contribution is -2.49. The van der Waals surface area contributed by atoms with Crippen molar-refractivity contribution in [1.82, 2.24) is 10.6 Å². The highest BCUT2D eigenvalue weighted by Crippen LogP contribution is 2.29. The Morgan fingerprint density at radius 3 is 2.19 bits per heavy atom. The number of carbonyl (C=O) groups excluding carboxylic acids is 1. The summed E-state index contributed by atoms with van der Waals surface area (Å²) >= 11 is 0. The fourth-order valence-corrected chi connectivity index (χ4v) is 2.64. The maximum absolute atomic E-state index is 11.7. The van der Waals surface area contributed by atoms with Gasteiger partial charge >= 0.3 is 6.03 Å². The minimum Gasteiger partial charge on any atom is -0.335 e. The molecular weight excluding hydrogens is 200 g/mol. The molecule has 2 aliphatic rings. The zero-order chi connectivity index (χ0) is 11.5. The molecule has 0 spiro atoms. The van der Waals surface area contributed by atoms with Gasteiger partial charge in [-0.25, -0.2) is 4.79 Å². The highest BCUT2D eigenvalue weighted by Gasteiger charge is 2.26. The van der Waals surface area contributed by atoms with Gasteiger partial charge in [-0.1, -0.05) is 13.8 Å². The van der Waals surface area contributed by atoms with Crippen molar-refractivity contribution in [2.45, 2.75) is 64.5 Å². The molecule has 0 aromatic heterocycles. The molecule has 2 rings (SSSR count). The highest BCUT2D eigenvalue weighted by atomic mass is 16.2. The topological polar surface area (TPSA) is 41.1 Å². The van der Waals surface area contributed by atoms with E-state index in [0.29, 0.717) is 12.1 Å². The average Bonchev–Trinajstić information content (AvgIpc) is 2.18. The lowest BCUT2D eigenvalue weighted by Gasteiger charge is -2.33. The third kappa shape index (κ3) is 2.89. The molecule has 0 aromatic carbocycles. The van der Waals surface area contributed by atoms with Crippen molar-refractivity contribution in [3.63, 3.8) is 0 Å². The Labute approximate surface area is 98.4 Å². The standard InChI is InChI=1S/C13H24N2O/c1-9-6-7-12(8-10(9)2)15-13(16)14-11-4-3-5-11/h9-12H,3-8H2,1-2H3,(H2,14,15,16). The fourth-order valence-electron chi connectivity index (χ4n) is 2.64. The van der Waals surface area contributed by atoms with Crippen molar-refractivity contribution in [2.75, 3.05) is 0 Å². The number of nitrogens with one attached hydrogen (secondary N) is 2. The molecule has 2 saturated carbocycles. The Bertz CT molecular complexity index is 250. The van der Waals surface area contributed by atoms with Crippen LogP contribution >= 0.6 is 0 Å². The lowest BCUT2D eigenvalue weighted by atomic mass is 9.79. The molecule has 3 atom stereocenters. The number of urea groups is 1. The van der Waals surface area contributed by atoms with E-state index in [1.54, 1.807) is 0 Å². The van der Waals surface area contributed by atoms with Gasteiger partial charge in [0.2, 0.25) is 0 Å². The molecule has 2 aliphatic carbocycles. The molecule has 3 unspecified atom stereocenters. The van der Waals surface area contributed by atoms with Crippen LogP contribution in [0, 0.1) is 11.8 Å². The quantitative estimate of drug-likeness (QED) is 0.744. The molecule has 0 saturated heterocycles. The van der Waals surface area contributed by atoms with E-state index in [0.717, 1.165) is 37.5 Å². The largest absolute Gasteiger partial charge is 0.335 e. The maximum atomic E-state index is 11.7. The van der Waals surface area contributed by atoms with Gasteiger partial charge in [0.05, 0.1) is 0 Å². The van der Waals surface area contributed by atoms with Crippen LogP contribution in [-0.4, -0.2) is 18.1 Å². The Morgan fingerprint density at radius 2 is 1.62 bits per heavy atom. The van der Waals surface area contributed by atoms with E-state index in [2.05, 4.69) is 24.5 Å². The van der Waals surface area contributed by atoms with Gasteiger partial charge in [0.15, 0.2) is 0 Å². The van der Waals surface area contributed by atoms with Crippen molar-refractivity contribution in [3.05, 3.63) is 0 Å². The first kappa shape index (κ1) is 11.7. The van der Waals surface area contributed by atoms with Gasteiger partial charge < -0.3 is 10.6 Å². The number of carbonyl (C=O) groups is 1. The van der Waals surface area contributed by atoms with Gasteiger partial charge in [0, 0.05) is 12.1 Å². The van der Waals surface area contributed by atoms with Crippen LogP contribution in [0.15, 0.2) is 0 Å². The summed E-state index contributed by atoms with van der Waals surface area (Å²) in [5.74, 6) is 1.55. The lowest BCUT2D eigenvalue weighted by molar-refractivity contribution is 0.201. The molecule has 92 valence electrons. The number of amides is 2. The number of rotatable bonds is 2. The molecule has 0 aliphatic heterocycles. The molecule has 0 aromatic rings. The summed E-state index contributed by atoms with van der Waals surface area (Å²) < 4.78 is 0. The second-order valence-electron chi connectivity index (χ2n) is 5.71. The van der Waals surface area contributed by atoms with Crippen LogP contribution < -0.4 is 10.6 Å². The smallest absolute Gasteiger partial charge is 0.315 e. The summed E-state index contributed by atoms with van der Waals surface area (Å²) in [4.78, 5) is 11.7. The zero-order valence-electron chi connectivity index (χ0n) is 10.5. The molecule has 0 bridgehead atoms. The Hall–Kier alpha value is -0.730. The molecular formula is C13H24N2O. The van der Waals surface area contributed by atoms with Crippen LogP contribution in [0.25, 0.3) is 0 Å². The second-order valence-corrected chi connectivity index (χ2v) is 5.71. The summed E-state index contributed by atoms with van der Waals surface area (Å²) in [6.07, 6.45) is 7.11. The normalized spacial score (nSPS) is 35.2. The molecule has 3 heteroatoms. The van der Waals surface area contributed by atoms with E-state index in [-0.39, 0.29) is 6.03 Å². The first-order chi connectivity index (χ1) is 7.65. The molecule has 0 radical (unpaired) electrons. The van der Waals surface area contributed by atoms with Crippen molar-refractivity contribution in [2.24, 2.45) is 11.8 Å². The van der Waals surface area contributed by atoms with Gasteiger partial charge in [-0.15, -0.1) is 0 Å². The number of hydrogen-bond acceptors (Lipinski definition) is 1. The van der Waals surface area contributed by atoms with Crippen LogP contribution in [0.4, 0.5) is 4.79 Å². The third-order valence-corrected chi connectivity index (χ3v) is 4.37. The van der Waals surface area contributed by atoms with Crippen LogP contribution in [-0.2, 0) is 0 Å². The van der Waals surface area contributed by atoms with E-state index in [1.807, 2.05) is 0 Å². The van der Waals surface area contributed by atoms with Gasteiger partial charge in [-0.05, 0) is 50.4 Å². The fraction of sp³-hybridized carbons (Fsp3) is 0.923. The van der Waals surface area contributed by atoms with Gasteiger partial charge in [0.1, 0.15) is 0 Å². The minimum atomic E-state index is 0.0523. The second kappa shape index (κ2) is 5.07. The van der Waals surface area contributed by atoms with Crippen molar-refractivity contribution in [1.29, 1.82) is 0 Å². The summed E-state index contributed by atoms with van der Waals surface area (Å²) in [5, 5.41) is 6.16. The highest BCUT2D eigenvalue weighted by molar-refractivity contribution is 5.74. The summed E-state index contributed by atoms with van der Waals surface area (Å²) in [5.41, 5.74) is 0. The van der Waals surface area contributed by atoms with Gasteiger partial charge in [-0.2, -0.15) is 0 Å². The molecule has 2 N–H and O–H groups in total.